The van der Waals surface area contributed by atoms with Gasteiger partial charge in [-0.05, 0) is 55.3 Å². The number of nitrogens with two attached hydrogens (primary N) is 1. The summed E-state index contributed by atoms with van der Waals surface area (Å²) in [5.74, 6) is 0.916. The Balaban J connectivity index is 1.60. The number of pyridine rings is 1. The molecule has 0 saturated carbocycles. The molecule has 0 fully saturated rings. The summed E-state index contributed by atoms with van der Waals surface area (Å²) in [4.78, 5) is 17.3. The van der Waals surface area contributed by atoms with E-state index in [1.807, 2.05) is 12.1 Å². The molecule has 2 aromatic carbocycles. The maximum absolute atomic E-state index is 12.9. The molecule has 0 aliphatic rings. The largest absolute Gasteiger partial charge is 0.497 e. The molecular formula is C24H25N5O5S. The van der Waals surface area contributed by atoms with Gasteiger partial charge in [0.05, 0.1) is 37.4 Å². The van der Waals surface area contributed by atoms with Crippen LogP contribution in [0.25, 0.3) is 11.0 Å². The van der Waals surface area contributed by atoms with Gasteiger partial charge >= 0.3 is 0 Å². The lowest BCUT2D eigenvalue weighted by atomic mass is 10.1. The van der Waals surface area contributed by atoms with Crippen LogP contribution >= 0.6 is 0 Å². The van der Waals surface area contributed by atoms with Gasteiger partial charge in [-0.15, -0.1) is 0 Å². The molecule has 2 heterocycles. The number of nitrogens with zero attached hydrogens (tertiary/aromatic N) is 3. The minimum Gasteiger partial charge on any atom is -0.497 e. The number of methoxy groups -OCH3 is 2. The number of fused-ring (bicyclic) bond motifs is 1. The minimum absolute atomic E-state index is 0.0697. The Labute approximate surface area is 202 Å². The third kappa shape index (κ3) is 4.96. The van der Waals surface area contributed by atoms with Gasteiger partial charge in [0.15, 0.2) is 5.65 Å². The molecule has 0 aliphatic carbocycles. The highest BCUT2D eigenvalue weighted by Gasteiger charge is 2.17. The molecule has 10 nitrogen and oxygen atoms in total. The number of carbonyl (C=O) groups excluding carboxylic acids is 1. The Morgan fingerprint density at radius 3 is 2.54 bits per heavy atom. The number of anilines is 1. The van der Waals surface area contributed by atoms with Crippen LogP contribution in [0, 0.1) is 13.8 Å². The molecule has 0 spiro atoms. The Morgan fingerprint density at radius 1 is 1.09 bits per heavy atom. The predicted octanol–water partition coefficient (Wildman–Crippen LogP) is 3.01. The van der Waals surface area contributed by atoms with Crippen LogP contribution < -0.4 is 19.9 Å². The standard InChI is InChI=1S/C24H25N5O5S/c1-14-7-20(35(25,31)32)10-21(15(14)2)28-24(30)18-8-17-12-27-29(23(17)26-11-18)13-16-5-6-19(33-3)9-22(16)34-4/h5-12H,13H2,1-4H3,(H,28,30)(H2,25,31,32). The van der Waals surface area contributed by atoms with Crippen LogP contribution in [0.5, 0.6) is 11.5 Å². The van der Waals surface area contributed by atoms with Crippen molar-refractivity contribution >= 4 is 32.7 Å². The molecule has 11 heteroatoms. The van der Waals surface area contributed by atoms with Gasteiger partial charge in [-0.2, -0.15) is 5.10 Å². The van der Waals surface area contributed by atoms with Crippen molar-refractivity contribution in [1.82, 2.24) is 14.8 Å². The SMILES string of the molecule is COc1ccc(Cn2ncc3cc(C(=O)Nc4cc(S(N)(=O)=O)cc(C)c4C)cnc32)c(OC)c1. The van der Waals surface area contributed by atoms with Crippen molar-refractivity contribution < 1.29 is 22.7 Å². The molecule has 182 valence electrons. The minimum atomic E-state index is -3.92. The number of aromatic nitrogens is 3. The number of aryl methyl sites for hydroxylation is 1. The van der Waals surface area contributed by atoms with E-state index in [1.54, 1.807) is 51.1 Å². The highest BCUT2D eigenvalue weighted by molar-refractivity contribution is 7.89. The van der Waals surface area contributed by atoms with Crippen LogP contribution in [0.2, 0.25) is 0 Å². The number of amides is 1. The summed E-state index contributed by atoms with van der Waals surface area (Å²) in [6.07, 6.45) is 3.08. The lowest BCUT2D eigenvalue weighted by Gasteiger charge is -2.13. The Kier molecular flexibility index (Phi) is 6.46. The smallest absolute Gasteiger partial charge is 0.257 e. The molecule has 1 amide bonds. The van der Waals surface area contributed by atoms with E-state index < -0.39 is 15.9 Å². The zero-order valence-corrected chi connectivity index (χ0v) is 20.5. The second kappa shape index (κ2) is 9.35. The molecule has 4 aromatic rings. The number of primary sulfonamides is 1. The summed E-state index contributed by atoms with van der Waals surface area (Å²) in [6, 6.07) is 10.0. The number of hydrogen-bond donors (Lipinski definition) is 2. The second-order valence-corrected chi connectivity index (χ2v) is 9.59. The van der Waals surface area contributed by atoms with Crippen LogP contribution in [0.1, 0.15) is 27.0 Å². The third-order valence-electron chi connectivity index (χ3n) is 5.77. The first kappa shape index (κ1) is 24.2. The zero-order chi connectivity index (χ0) is 25.3. The number of carbonyl (C=O) groups is 1. The maximum Gasteiger partial charge on any atom is 0.257 e. The fraction of sp³-hybridized carbons (Fsp3) is 0.208. The van der Waals surface area contributed by atoms with E-state index in [-0.39, 0.29) is 4.90 Å². The first-order valence-corrected chi connectivity index (χ1v) is 12.1. The first-order valence-electron chi connectivity index (χ1n) is 10.6. The summed E-state index contributed by atoms with van der Waals surface area (Å²) in [7, 11) is -0.739. The van der Waals surface area contributed by atoms with E-state index in [0.717, 1.165) is 11.1 Å². The lowest BCUT2D eigenvalue weighted by molar-refractivity contribution is 0.102. The number of benzene rings is 2. The molecule has 0 bridgehead atoms. The van der Waals surface area contributed by atoms with Gasteiger partial charge in [0.2, 0.25) is 10.0 Å². The summed E-state index contributed by atoms with van der Waals surface area (Å²) >= 11 is 0. The van der Waals surface area contributed by atoms with Gasteiger partial charge in [-0.3, -0.25) is 4.79 Å². The number of nitrogens with one attached hydrogen (secondary N) is 1. The van der Waals surface area contributed by atoms with Gasteiger partial charge < -0.3 is 14.8 Å². The summed E-state index contributed by atoms with van der Waals surface area (Å²) in [5, 5.41) is 13.1. The van der Waals surface area contributed by atoms with Crippen LogP contribution in [0.4, 0.5) is 5.69 Å². The maximum atomic E-state index is 12.9. The third-order valence-corrected chi connectivity index (χ3v) is 6.66. The molecule has 35 heavy (non-hydrogen) atoms. The molecule has 0 saturated heterocycles. The normalized spacial score (nSPS) is 11.5. The van der Waals surface area contributed by atoms with Gasteiger partial charge in [-0.25, -0.2) is 23.2 Å². The molecule has 2 aromatic heterocycles. The summed E-state index contributed by atoms with van der Waals surface area (Å²) in [6.45, 7) is 3.95. The number of hydrogen-bond acceptors (Lipinski definition) is 7. The van der Waals surface area contributed by atoms with E-state index in [1.165, 1.54) is 18.3 Å². The van der Waals surface area contributed by atoms with Crippen molar-refractivity contribution in [3.8, 4) is 11.5 Å². The molecule has 3 N–H and O–H groups in total. The van der Waals surface area contributed by atoms with Crippen LogP contribution in [0.3, 0.4) is 0 Å². The van der Waals surface area contributed by atoms with Crippen molar-refractivity contribution in [1.29, 1.82) is 0 Å². The lowest BCUT2D eigenvalue weighted by Crippen LogP contribution is -2.16. The van der Waals surface area contributed by atoms with Crippen LogP contribution in [0.15, 0.2) is 53.7 Å². The van der Waals surface area contributed by atoms with E-state index >= 15 is 0 Å². The van der Waals surface area contributed by atoms with E-state index in [9.17, 15) is 13.2 Å². The summed E-state index contributed by atoms with van der Waals surface area (Å²) < 4.78 is 36.0. The second-order valence-electron chi connectivity index (χ2n) is 8.03. The number of ether oxygens (including phenoxy) is 2. The summed E-state index contributed by atoms with van der Waals surface area (Å²) in [5.41, 5.74) is 3.58. The predicted molar refractivity (Wildman–Crippen MR) is 131 cm³/mol. The van der Waals surface area contributed by atoms with Gasteiger partial charge in [-0.1, -0.05) is 0 Å². The number of sulfonamides is 1. The van der Waals surface area contributed by atoms with Crippen LogP contribution in [-0.4, -0.2) is 43.3 Å². The van der Waals surface area contributed by atoms with Crippen LogP contribution in [-0.2, 0) is 16.6 Å². The highest BCUT2D eigenvalue weighted by atomic mass is 32.2. The quantitative estimate of drug-likeness (QED) is 0.402. The molecule has 0 atom stereocenters. The zero-order valence-electron chi connectivity index (χ0n) is 19.7. The monoisotopic (exact) mass is 495 g/mol. The fourth-order valence-electron chi connectivity index (χ4n) is 3.67. The average Bonchev–Trinajstić information content (AvgIpc) is 3.23. The molecule has 0 unspecified atom stereocenters. The van der Waals surface area contributed by atoms with Gasteiger partial charge in [0, 0.05) is 28.9 Å². The molecule has 0 radical (unpaired) electrons. The van der Waals surface area contributed by atoms with Crippen molar-refractivity contribution in [3.63, 3.8) is 0 Å². The van der Waals surface area contributed by atoms with Crippen molar-refractivity contribution in [3.05, 3.63) is 71.0 Å². The molecule has 0 aliphatic heterocycles. The Morgan fingerprint density at radius 2 is 1.86 bits per heavy atom. The Bertz CT molecular complexity index is 1550. The van der Waals surface area contributed by atoms with Crippen molar-refractivity contribution in [2.45, 2.75) is 25.3 Å². The average molecular weight is 496 g/mol. The van der Waals surface area contributed by atoms with Crippen molar-refractivity contribution in [2.24, 2.45) is 5.14 Å². The fourth-order valence-corrected chi connectivity index (χ4v) is 4.29. The first-order chi connectivity index (χ1) is 16.6. The van der Waals surface area contributed by atoms with Gasteiger partial charge in [0.25, 0.3) is 5.91 Å². The molecular weight excluding hydrogens is 470 g/mol. The van der Waals surface area contributed by atoms with Crippen molar-refractivity contribution in [2.75, 3.05) is 19.5 Å². The number of rotatable bonds is 7. The van der Waals surface area contributed by atoms with E-state index in [2.05, 4.69) is 15.4 Å². The topological polar surface area (TPSA) is 138 Å². The van der Waals surface area contributed by atoms with Gasteiger partial charge in [0.1, 0.15) is 11.5 Å². The Hall–Kier alpha value is -3.96. The van der Waals surface area contributed by atoms with E-state index in [4.69, 9.17) is 14.6 Å². The highest BCUT2D eigenvalue weighted by Crippen LogP contribution is 2.27. The molecule has 4 rings (SSSR count). The van der Waals surface area contributed by atoms with E-state index in [0.29, 0.717) is 45.9 Å².